The molecule has 2 saturated heterocycles. The number of carbonyl (C=O) groups is 2. The molecule has 2 heterocycles. The summed E-state index contributed by atoms with van der Waals surface area (Å²) in [6.07, 6.45) is 4.11. The summed E-state index contributed by atoms with van der Waals surface area (Å²) in [6.45, 7) is 7.56. The summed E-state index contributed by atoms with van der Waals surface area (Å²) in [5, 5.41) is 5.54. The first kappa shape index (κ1) is 16.1. The van der Waals surface area contributed by atoms with Crippen molar-refractivity contribution in [2.75, 3.05) is 19.6 Å². The van der Waals surface area contributed by atoms with E-state index in [2.05, 4.69) is 15.5 Å². The molecule has 120 valence electrons. The minimum atomic E-state index is -0.552. The number of rotatable bonds is 3. The van der Waals surface area contributed by atoms with Crippen molar-refractivity contribution in [2.45, 2.75) is 64.1 Å². The van der Waals surface area contributed by atoms with Gasteiger partial charge in [-0.15, -0.1) is 0 Å². The van der Waals surface area contributed by atoms with Gasteiger partial charge < -0.3 is 15.4 Å². The predicted octanol–water partition coefficient (Wildman–Crippen LogP) is 1.25. The zero-order valence-corrected chi connectivity index (χ0v) is 13.3. The van der Waals surface area contributed by atoms with Crippen LogP contribution >= 0.6 is 0 Å². The molecule has 0 aromatic rings. The fourth-order valence-electron chi connectivity index (χ4n) is 3.14. The van der Waals surface area contributed by atoms with E-state index in [-0.39, 0.29) is 18.5 Å². The fourth-order valence-corrected chi connectivity index (χ4v) is 3.14. The molecule has 0 aliphatic carbocycles. The number of nitrogens with zero attached hydrogens (tertiary/aromatic N) is 1. The van der Waals surface area contributed by atoms with Crippen LogP contribution in [0.15, 0.2) is 0 Å². The van der Waals surface area contributed by atoms with Crippen LogP contribution in [-0.4, -0.2) is 54.2 Å². The van der Waals surface area contributed by atoms with Gasteiger partial charge in [0.05, 0.1) is 0 Å². The van der Waals surface area contributed by atoms with Crippen LogP contribution in [0.1, 0.15) is 46.5 Å². The average Bonchev–Trinajstić information content (AvgIpc) is 2.78. The molecular weight excluding hydrogens is 270 g/mol. The molecule has 2 atom stereocenters. The lowest BCUT2D eigenvalue weighted by atomic mass is 9.99. The third-order valence-corrected chi connectivity index (χ3v) is 3.99. The Morgan fingerprint density at radius 1 is 1.19 bits per heavy atom. The minimum Gasteiger partial charge on any atom is -0.444 e. The highest BCUT2D eigenvalue weighted by Gasteiger charge is 2.36. The van der Waals surface area contributed by atoms with Crippen molar-refractivity contribution in [3.05, 3.63) is 0 Å². The molecule has 6 heteroatoms. The Hall–Kier alpha value is -1.30. The van der Waals surface area contributed by atoms with Crippen molar-refractivity contribution in [2.24, 2.45) is 0 Å². The molecule has 0 unspecified atom stereocenters. The molecule has 0 aromatic heterocycles. The van der Waals surface area contributed by atoms with Crippen LogP contribution in [0.4, 0.5) is 4.79 Å². The van der Waals surface area contributed by atoms with E-state index >= 15 is 0 Å². The van der Waals surface area contributed by atoms with Crippen molar-refractivity contribution in [1.82, 2.24) is 15.5 Å². The molecule has 2 rings (SSSR count). The third-order valence-electron chi connectivity index (χ3n) is 3.99. The van der Waals surface area contributed by atoms with Gasteiger partial charge in [0.2, 0.25) is 5.91 Å². The average molecular weight is 297 g/mol. The summed E-state index contributed by atoms with van der Waals surface area (Å²) in [5.41, 5.74) is -0.547. The second-order valence-electron chi connectivity index (χ2n) is 6.92. The van der Waals surface area contributed by atoms with Gasteiger partial charge in [-0.1, -0.05) is 6.42 Å². The Balaban J connectivity index is 1.71. The highest BCUT2D eigenvalue weighted by molar-refractivity contribution is 5.82. The standard InChI is InChI=1S/C15H27N3O3/c1-15(2,3)21-14(20)16-10-13(19)17-11-7-9-18-8-5-4-6-12(11)18/h11-12H,4-10H2,1-3H3,(H,16,20)(H,17,19)/t11-,12+/m0/s1. The van der Waals surface area contributed by atoms with E-state index < -0.39 is 11.7 Å². The van der Waals surface area contributed by atoms with E-state index in [1.54, 1.807) is 20.8 Å². The number of hydrogen-bond acceptors (Lipinski definition) is 4. The normalized spacial score (nSPS) is 26.0. The van der Waals surface area contributed by atoms with Crippen molar-refractivity contribution >= 4 is 12.0 Å². The van der Waals surface area contributed by atoms with Gasteiger partial charge in [0.15, 0.2) is 0 Å². The molecule has 0 spiro atoms. The van der Waals surface area contributed by atoms with E-state index in [0.29, 0.717) is 6.04 Å². The van der Waals surface area contributed by atoms with Crippen LogP contribution in [0.3, 0.4) is 0 Å². The van der Waals surface area contributed by atoms with Crippen LogP contribution in [0.5, 0.6) is 0 Å². The Labute approximate surface area is 126 Å². The predicted molar refractivity (Wildman–Crippen MR) is 80.0 cm³/mol. The molecule has 2 aliphatic heterocycles. The van der Waals surface area contributed by atoms with E-state index in [0.717, 1.165) is 25.9 Å². The molecule has 0 radical (unpaired) electrons. The molecule has 0 saturated carbocycles. The summed E-state index contributed by atoms with van der Waals surface area (Å²) in [7, 11) is 0. The van der Waals surface area contributed by atoms with Gasteiger partial charge in [0.1, 0.15) is 12.1 Å². The Bertz CT molecular complexity index is 392. The van der Waals surface area contributed by atoms with Gasteiger partial charge >= 0.3 is 6.09 Å². The highest BCUT2D eigenvalue weighted by Crippen LogP contribution is 2.26. The number of fused-ring (bicyclic) bond motifs is 1. The van der Waals surface area contributed by atoms with E-state index in [9.17, 15) is 9.59 Å². The molecule has 6 nitrogen and oxygen atoms in total. The summed E-state index contributed by atoms with van der Waals surface area (Å²) in [6, 6.07) is 0.697. The fraction of sp³-hybridized carbons (Fsp3) is 0.867. The van der Waals surface area contributed by atoms with Crippen molar-refractivity contribution < 1.29 is 14.3 Å². The van der Waals surface area contributed by atoms with Crippen LogP contribution < -0.4 is 10.6 Å². The van der Waals surface area contributed by atoms with Gasteiger partial charge in [-0.05, 0) is 46.6 Å². The largest absolute Gasteiger partial charge is 0.444 e. The summed E-state index contributed by atoms with van der Waals surface area (Å²) >= 11 is 0. The van der Waals surface area contributed by atoms with Crippen LogP contribution in [0.25, 0.3) is 0 Å². The molecular formula is C15H27N3O3. The van der Waals surface area contributed by atoms with E-state index in [1.165, 1.54) is 12.8 Å². The lowest BCUT2D eigenvalue weighted by molar-refractivity contribution is -0.121. The molecule has 2 aliphatic rings. The Morgan fingerprint density at radius 2 is 1.95 bits per heavy atom. The maximum atomic E-state index is 11.9. The Kier molecular flexibility index (Phi) is 5.08. The number of hydrogen-bond donors (Lipinski definition) is 2. The van der Waals surface area contributed by atoms with Gasteiger partial charge in [-0.3, -0.25) is 9.69 Å². The Morgan fingerprint density at radius 3 is 2.67 bits per heavy atom. The second kappa shape index (κ2) is 6.64. The SMILES string of the molecule is CC(C)(C)OC(=O)NCC(=O)N[C@H]1CCN2CCCC[C@H]12. The van der Waals surface area contributed by atoms with E-state index in [1.807, 2.05) is 0 Å². The van der Waals surface area contributed by atoms with Gasteiger partial charge in [-0.25, -0.2) is 4.79 Å². The van der Waals surface area contributed by atoms with Gasteiger partial charge in [0.25, 0.3) is 0 Å². The van der Waals surface area contributed by atoms with Crippen LogP contribution in [0.2, 0.25) is 0 Å². The lowest BCUT2D eigenvalue weighted by Gasteiger charge is -2.32. The number of nitrogens with one attached hydrogen (secondary N) is 2. The van der Waals surface area contributed by atoms with Crippen LogP contribution in [-0.2, 0) is 9.53 Å². The summed E-state index contributed by atoms with van der Waals surface area (Å²) in [5.74, 6) is -0.140. The maximum absolute atomic E-state index is 11.9. The first-order valence-corrected chi connectivity index (χ1v) is 7.85. The van der Waals surface area contributed by atoms with E-state index in [4.69, 9.17) is 4.74 Å². The number of piperidine rings is 1. The number of alkyl carbamates (subject to hydrolysis) is 1. The number of ether oxygens (including phenoxy) is 1. The van der Waals surface area contributed by atoms with Crippen molar-refractivity contribution in [3.63, 3.8) is 0 Å². The first-order chi connectivity index (χ1) is 9.85. The zero-order chi connectivity index (χ0) is 15.5. The van der Waals surface area contributed by atoms with Crippen LogP contribution in [0, 0.1) is 0 Å². The molecule has 2 N–H and O–H groups in total. The van der Waals surface area contributed by atoms with Crippen molar-refractivity contribution in [3.8, 4) is 0 Å². The molecule has 0 bridgehead atoms. The number of carbonyl (C=O) groups excluding carboxylic acids is 2. The monoisotopic (exact) mass is 297 g/mol. The summed E-state index contributed by atoms with van der Waals surface area (Å²) in [4.78, 5) is 25.9. The molecule has 2 amide bonds. The molecule has 2 fully saturated rings. The highest BCUT2D eigenvalue weighted by atomic mass is 16.6. The quantitative estimate of drug-likeness (QED) is 0.822. The maximum Gasteiger partial charge on any atom is 0.408 e. The van der Waals surface area contributed by atoms with Crippen molar-refractivity contribution in [1.29, 1.82) is 0 Å². The second-order valence-corrected chi connectivity index (χ2v) is 6.92. The summed E-state index contributed by atoms with van der Waals surface area (Å²) < 4.78 is 5.11. The first-order valence-electron chi connectivity index (χ1n) is 7.85. The van der Waals surface area contributed by atoms with Gasteiger partial charge in [0, 0.05) is 18.6 Å². The smallest absolute Gasteiger partial charge is 0.408 e. The van der Waals surface area contributed by atoms with Gasteiger partial charge in [-0.2, -0.15) is 0 Å². The zero-order valence-electron chi connectivity index (χ0n) is 13.3. The number of amides is 2. The topological polar surface area (TPSA) is 70.7 Å². The molecule has 0 aromatic carbocycles. The minimum absolute atomic E-state index is 0.0296. The third kappa shape index (κ3) is 4.88. The molecule has 21 heavy (non-hydrogen) atoms. The lowest BCUT2D eigenvalue weighted by Crippen LogP contribution is -2.49.